The number of rotatable bonds is 5. The SMILES string of the molecule is CN(CCCc1cc(C(=O)O)ccc1O)C(=N)N. The van der Waals surface area contributed by atoms with E-state index < -0.39 is 5.97 Å². The normalized spacial score (nSPS) is 10.1. The average molecular weight is 251 g/mol. The zero-order chi connectivity index (χ0) is 13.7. The molecule has 0 radical (unpaired) electrons. The second kappa shape index (κ2) is 5.90. The van der Waals surface area contributed by atoms with Gasteiger partial charge in [-0.1, -0.05) is 0 Å². The van der Waals surface area contributed by atoms with Gasteiger partial charge in [-0.3, -0.25) is 5.41 Å². The summed E-state index contributed by atoms with van der Waals surface area (Å²) in [4.78, 5) is 12.4. The Morgan fingerprint density at radius 2 is 2.17 bits per heavy atom. The number of aromatic carboxylic acids is 1. The van der Waals surface area contributed by atoms with Gasteiger partial charge >= 0.3 is 5.97 Å². The molecule has 6 heteroatoms. The maximum absolute atomic E-state index is 10.8. The molecule has 18 heavy (non-hydrogen) atoms. The van der Waals surface area contributed by atoms with Gasteiger partial charge in [-0.05, 0) is 36.6 Å². The number of nitrogens with one attached hydrogen (secondary N) is 1. The molecule has 0 aliphatic rings. The quantitative estimate of drug-likeness (QED) is 0.458. The zero-order valence-electron chi connectivity index (χ0n) is 10.2. The van der Waals surface area contributed by atoms with E-state index >= 15 is 0 Å². The molecule has 0 aliphatic carbocycles. The minimum absolute atomic E-state index is 0.0153. The van der Waals surface area contributed by atoms with Crippen molar-refractivity contribution in [2.24, 2.45) is 5.73 Å². The molecule has 1 aromatic rings. The topological polar surface area (TPSA) is 111 Å². The molecule has 0 aromatic heterocycles. The molecule has 0 spiro atoms. The van der Waals surface area contributed by atoms with Gasteiger partial charge in [0.05, 0.1) is 5.56 Å². The molecular weight excluding hydrogens is 234 g/mol. The fraction of sp³-hybridized carbons (Fsp3) is 0.333. The second-order valence-corrected chi connectivity index (χ2v) is 4.06. The van der Waals surface area contributed by atoms with Crippen molar-refractivity contribution in [1.82, 2.24) is 4.90 Å². The summed E-state index contributed by atoms with van der Waals surface area (Å²) in [5.74, 6) is -0.943. The average Bonchev–Trinajstić information content (AvgIpc) is 2.30. The number of aryl methyl sites for hydroxylation is 1. The Hall–Kier alpha value is -2.24. The van der Waals surface area contributed by atoms with Crippen molar-refractivity contribution in [3.05, 3.63) is 29.3 Å². The highest BCUT2D eigenvalue weighted by Gasteiger charge is 2.08. The van der Waals surface area contributed by atoms with Crippen LogP contribution in [0, 0.1) is 5.41 Å². The van der Waals surface area contributed by atoms with Gasteiger partial charge in [-0.25, -0.2) is 4.79 Å². The van der Waals surface area contributed by atoms with Crippen molar-refractivity contribution in [2.45, 2.75) is 12.8 Å². The van der Waals surface area contributed by atoms with Crippen LogP contribution in [0.15, 0.2) is 18.2 Å². The van der Waals surface area contributed by atoms with Crippen molar-refractivity contribution < 1.29 is 15.0 Å². The van der Waals surface area contributed by atoms with Crippen LogP contribution in [0.4, 0.5) is 0 Å². The van der Waals surface area contributed by atoms with E-state index in [1.54, 1.807) is 11.9 Å². The highest BCUT2D eigenvalue weighted by Crippen LogP contribution is 2.20. The number of phenolic OH excluding ortho intramolecular Hbond substituents is 1. The largest absolute Gasteiger partial charge is 0.508 e. The van der Waals surface area contributed by atoms with Crippen LogP contribution >= 0.6 is 0 Å². The minimum atomic E-state index is -1.02. The number of nitrogens with zero attached hydrogens (tertiary/aromatic N) is 1. The lowest BCUT2D eigenvalue weighted by molar-refractivity contribution is 0.0696. The van der Waals surface area contributed by atoms with E-state index in [0.29, 0.717) is 24.9 Å². The Balaban J connectivity index is 2.64. The Morgan fingerprint density at radius 1 is 1.50 bits per heavy atom. The van der Waals surface area contributed by atoms with Crippen molar-refractivity contribution in [3.63, 3.8) is 0 Å². The molecule has 0 aliphatic heterocycles. The first-order valence-corrected chi connectivity index (χ1v) is 5.52. The Kier molecular flexibility index (Phi) is 4.53. The monoisotopic (exact) mass is 251 g/mol. The Labute approximate surface area is 105 Å². The van der Waals surface area contributed by atoms with E-state index in [4.69, 9.17) is 16.2 Å². The summed E-state index contributed by atoms with van der Waals surface area (Å²) in [5, 5.41) is 25.7. The molecule has 0 heterocycles. The number of carboxylic acid groups (broad SMARTS) is 1. The third kappa shape index (κ3) is 3.65. The van der Waals surface area contributed by atoms with Crippen molar-refractivity contribution >= 4 is 11.9 Å². The van der Waals surface area contributed by atoms with Crippen LogP contribution in [-0.4, -0.2) is 40.6 Å². The van der Waals surface area contributed by atoms with Gasteiger partial charge in [-0.15, -0.1) is 0 Å². The fourth-order valence-corrected chi connectivity index (χ4v) is 1.55. The number of aromatic hydroxyl groups is 1. The summed E-state index contributed by atoms with van der Waals surface area (Å²) in [5.41, 5.74) is 6.04. The summed E-state index contributed by atoms with van der Waals surface area (Å²) < 4.78 is 0. The number of carboxylic acids is 1. The lowest BCUT2D eigenvalue weighted by Crippen LogP contribution is -2.33. The van der Waals surface area contributed by atoms with E-state index in [2.05, 4.69) is 0 Å². The molecule has 1 rings (SSSR count). The van der Waals surface area contributed by atoms with Crippen LogP contribution in [-0.2, 0) is 6.42 Å². The lowest BCUT2D eigenvalue weighted by Gasteiger charge is -2.16. The summed E-state index contributed by atoms with van der Waals surface area (Å²) in [6.45, 7) is 0.575. The summed E-state index contributed by atoms with van der Waals surface area (Å²) >= 11 is 0. The number of nitrogens with two attached hydrogens (primary N) is 1. The molecule has 1 aromatic carbocycles. The summed E-state index contributed by atoms with van der Waals surface area (Å²) in [7, 11) is 1.70. The zero-order valence-corrected chi connectivity index (χ0v) is 10.2. The predicted molar refractivity (Wildman–Crippen MR) is 67.9 cm³/mol. The van der Waals surface area contributed by atoms with Gasteiger partial charge in [0.2, 0.25) is 0 Å². The predicted octanol–water partition coefficient (Wildman–Crippen LogP) is 0.848. The van der Waals surface area contributed by atoms with E-state index in [1.165, 1.54) is 18.2 Å². The highest BCUT2D eigenvalue weighted by atomic mass is 16.4. The van der Waals surface area contributed by atoms with E-state index in [-0.39, 0.29) is 17.3 Å². The van der Waals surface area contributed by atoms with Crippen LogP contribution in [0.5, 0.6) is 5.75 Å². The van der Waals surface area contributed by atoms with Crippen molar-refractivity contribution in [3.8, 4) is 5.75 Å². The molecule has 0 saturated carbocycles. The van der Waals surface area contributed by atoms with Gasteiger partial charge in [0.15, 0.2) is 5.96 Å². The second-order valence-electron chi connectivity index (χ2n) is 4.06. The molecule has 0 amide bonds. The number of guanidine groups is 1. The van der Waals surface area contributed by atoms with Gasteiger partial charge in [0, 0.05) is 13.6 Å². The fourth-order valence-electron chi connectivity index (χ4n) is 1.55. The molecule has 5 N–H and O–H groups in total. The van der Waals surface area contributed by atoms with E-state index in [1.807, 2.05) is 0 Å². The molecule has 0 fully saturated rings. The van der Waals surface area contributed by atoms with Crippen molar-refractivity contribution in [2.75, 3.05) is 13.6 Å². The first-order valence-electron chi connectivity index (χ1n) is 5.52. The third-order valence-corrected chi connectivity index (χ3v) is 2.68. The Morgan fingerprint density at radius 3 is 2.72 bits per heavy atom. The maximum atomic E-state index is 10.8. The molecule has 0 saturated heterocycles. The smallest absolute Gasteiger partial charge is 0.335 e. The maximum Gasteiger partial charge on any atom is 0.335 e. The van der Waals surface area contributed by atoms with Crippen molar-refractivity contribution in [1.29, 1.82) is 5.41 Å². The molecule has 0 bridgehead atoms. The molecule has 0 atom stereocenters. The van der Waals surface area contributed by atoms with Gasteiger partial charge in [-0.2, -0.15) is 0 Å². The summed E-state index contributed by atoms with van der Waals surface area (Å²) in [6, 6.07) is 4.21. The standard InChI is InChI=1S/C12H17N3O3/c1-15(12(13)14)6-2-3-8-7-9(11(17)18)4-5-10(8)16/h4-5,7,16H,2-3,6H2,1H3,(H3,13,14)(H,17,18). The van der Waals surface area contributed by atoms with Gasteiger partial charge in [0.25, 0.3) is 0 Å². The number of hydrogen-bond acceptors (Lipinski definition) is 3. The van der Waals surface area contributed by atoms with Crippen LogP contribution < -0.4 is 5.73 Å². The van der Waals surface area contributed by atoms with E-state index in [9.17, 15) is 9.90 Å². The van der Waals surface area contributed by atoms with Crippen LogP contribution in [0.3, 0.4) is 0 Å². The number of benzene rings is 1. The first-order chi connectivity index (χ1) is 8.41. The number of carbonyl (C=O) groups is 1. The minimum Gasteiger partial charge on any atom is -0.508 e. The third-order valence-electron chi connectivity index (χ3n) is 2.68. The Bertz CT molecular complexity index is 460. The lowest BCUT2D eigenvalue weighted by atomic mass is 10.0. The van der Waals surface area contributed by atoms with Gasteiger partial charge in [0.1, 0.15) is 5.75 Å². The number of hydrogen-bond donors (Lipinski definition) is 4. The molecule has 98 valence electrons. The van der Waals surface area contributed by atoms with E-state index in [0.717, 1.165) is 0 Å². The van der Waals surface area contributed by atoms with Crippen LogP contribution in [0.1, 0.15) is 22.3 Å². The number of phenols is 1. The molecule has 6 nitrogen and oxygen atoms in total. The van der Waals surface area contributed by atoms with Crippen LogP contribution in [0.2, 0.25) is 0 Å². The highest BCUT2D eigenvalue weighted by molar-refractivity contribution is 5.88. The molecular formula is C12H17N3O3. The van der Waals surface area contributed by atoms with Crippen LogP contribution in [0.25, 0.3) is 0 Å². The molecule has 0 unspecified atom stereocenters. The summed E-state index contributed by atoms with van der Waals surface area (Å²) in [6.07, 6.45) is 1.21. The first kappa shape index (κ1) is 13.8. The van der Waals surface area contributed by atoms with Gasteiger partial charge < -0.3 is 20.8 Å².